The van der Waals surface area contributed by atoms with Gasteiger partial charge in [-0.15, -0.1) is 0 Å². The summed E-state index contributed by atoms with van der Waals surface area (Å²) in [6, 6.07) is 11.5. The van der Waals surface area contributed by atoms with E-state index in [1.165, 1.54) is 12.1 Å². The maximum Gasteiger partial charge on any atom is 0.312 e. The molecule has 0 radical (unpaired) electrons. The molecule has 0 fully saturated rings. The molecule has 148 valence electrons. The van der Waals surface area contributed by atoms with Gasteiger partial charge in [0.25, 0.3) is 5.91 Å². The molecule has 2 aromatic rings. The molecule has 28 heavy (non-hydrogen) atoms. The summed E-state index contributed by atoms with van der Waals surface area (Å²) in [4.78, 5) is 35.4. The fourth-order valence-corrected chi connectivity index (χ4v) is 2.45. The van der Waals surface area contributed by atoms with Crippen LogP contribution in [-0.2, 0) is 9.59 Å². The third-order valence-corrected chi connectivity index (χ3v) is 3.91. The average Bonchev–Trinajstić information content (AvgIpc) is 2.68. The van der Waals surface area contributed by atoms with Gasteiger partial charge in [-0.3, -0.25) is 14.4 Å². The Kier molecular flexibility index (Phi) is 7.50. The molecule has 2 aromatic carbocycles. The minimum absolute atomic E-state index is 0.182. The second-order valence-corrected chi connectivity index (χ2v) is 5.89. The summed E-state index contributed by atoms with van der Waals surface area (Å²) in [5, 5.41) is 14.2. The van der Waals surface area contributed by atoms with Gasteiger partial charge in [0.05, 0.1) is 19.1 Å². The Morgan fingerprint density at radius 1 is 1.04 bits per heavy atom. The maximum atomic E-state index is 13.0. The molecule has 0 aliphatic heterocycles. The smallest absolute Gasteiger partial charge is 0.312 e. The van der Waals surface area contributed by atoms with E-state index in [1.807, 2.05) is 6.92 Å². The lowest BCUT2D eigenvalue weighted by atomic mass is 9.99. The fourth-order valence-electron chi connectivity index (χ4n) is 2.45. The molecular formula is C20H21FN2O5. The summed E-state index contributed by atoms with van der Waals surface area (Å²) in [5.74, 6) is -2.98. The van der Waals surface area contributed by atoms with Crippen molar-refractivity contribution in [3.8, 4) is 5.75 Å². The first kappa shape index (κ1) is 20.9. The van der Waals surface area contributed by atoms with Crippen molar-refractivity contribution in [2.24, 2.45) is 0 Å². The molecule has 8 heteroatoms. The number of rotatable bonds is 9. The zero-order chi connectivity index (χ0) is 20.5. The molecule has 1 atom stereocenters. The largest absolute Gasteiger partial charge is 0.494 e. The summed E-state index contributed by atoms with van der Waals surface area (Å²) < 4.78 is 18.3. The van der Waals surface area contributed by atoms with Crippen LogP contribution in [0.3, 0.4) is 0 Å². The summed E-state index contributed by atoms with van der Waals surface area (Å²) in [6.07, 6.45) is 0. The van der Waals surface area contributed by atoms with E-state index < -0.39 is 29.5 Å². The van der Waals surface area contributed by atoms with Gasteiger partial charge in [-0.2, -0.15) is 0 Å². The highest BCUT2D eigenvalue weighted by molar-refractivity contribution is 5.96. The quantitative estimate of drug-likeness (QED) is 0.609. The number of amides is 2. The molecule has 2 rings (SSSR count). The Labute approximate surface area is 161 Å². The number of carbonyl (C=O) groups is 3. The maximum absolute atomic E-state index is 13.0. The van der Waals surface area contributed by atoms with E-state index in [9.17, 15) is 23.9 Å². The molecule has 7 nitrogen and oxygen atoms in total. The lowest BCUT2D eigenvalue weighted by molar-refractivity contribution is -0.138. The third kappa shape index (κ3) is 6.08. The topological polar surface area (TPSA) is 105 Å². The Morgan fingerprint density at radius 3 is 2.25 bits per heavy atom. The third-order valence-electron chi connectivity index (χ3n) is 3.91. The number of aliphatic carboxylic acids is 1. The lowest BCUT2D eigenvalue weighted by Gasteiger charge is -2.14. The number of nitrogens with one attached hydrogen (secondary N) is 2. The van der Waals surface area contributed by atoms with E-state index in [4.69, 9.17) is 4.74 Å². The van der Waals surface area contributed by atoms with Gasteiger partial charge in [0.15, 0.2) is 0 Å². The molecule has 0 aromatic heterocycles. The highest BCUT2D eigenvalue weighted by Gasteiger charge is 2.20. The van der Waals surface area contributed by atoms with Crippen molar-refractivity contribution in [3.05, 3.63) is 65.5 Å². The van der Waals surface area contributed by atoms with E-state index in [-0.39, 0.29) is 13.1 Å². The number of benzene rings is 2. The van der Waals surface area contributed by atoms with E-state index >= 15 is 0 Å². The van der Waals surface area contributed by atoms with Gasteiger partial charge in [-0.1, -0.05) is 12.1 Å². The Morgan fingerprint density at radius 2 is 1.68 bits per heavy atom. The number of carboxylic acids is 1. The van der Waals surface area contributed by atoms with Crippen molar-refractivity contribution in [1.29, 1.82) is 0 Å². The second-order valence-electron chi connectivity index (χ2n) is 5.89. The van der Waals surface area contributed by atoms with Gasteiger partial charge in [0, 0.05) is 12.1 Å². The Bertz CT molecular complexity index is 821. The van der Waals surface area contributed by atoms with E-state index in [1.54, 1.807) is 24.3 Å². The molecule has 0 saturated heterocycles. The number of carbonyl (C=O) groups excluding carboxylic acids is 2. The van der Waals surface area contributed by atoms with Crippen LogP contribution >= 0.6 is 0 Å². The first-order valence-electron chi connectivity index (χ1n) is 8.66. The van der Waals surface area contributed by atoms with E-state index in [0.29, 0.717) is 23.5 Å². The predicted molar refractivity (Wildman–Crippen MR) is 99.7 cm³/mol. The van der Waals surface area contributed by atoms with Crippen molar-refractivity contribution in [2.45, 2.75) is 12.8 Å². The van der Waals surface area contributed by atoms with Crippen molar-refractivity contribution in [1.82, 2.24) is 10.6 Å². The Balaban J connectivity index is 1.84. The highest BCUT2D eigenvalue weighted by atomic mass is 19.1. The molecule has 0 bridgehead atoms. The fraction of sp³-hybridized carbons (Fsp3) is 0.250. The standard InChI is InChI=1S/C20H21FN2O5/c1-2-28-16-9-5-14(6-10-16)19(25)23-12-18(24)22-11-17(20(26)27)13-3-7-15(21)8-4-13/h3-10,17H,2,11-12H2,1H3,(H,22,24)(H,23,25)(H,26,27). The predicted octanol–water partition coefficient (Wildman–Crippen LogP) is 1.94. The summed E-state index contributed by atoms with van der Waals surface area (Å²) in [7, 11) is 0. The molecular weight excluding hydrogens is 367 g/mol. The molecule has 1 unspecified atom stereocenters. The van der Waals surface area contributed by atoms with E-state index in [2.05, 4.69) is 10.6 Å². The number of ether oxygens (including phenoxy) is 1. The van der Waals surface area contributed by atoms with Crippen LogP contribution in [0.25, 0.3) is 0 Å². The zero-order valence-electron chi connectivity index (χ0n) is 15.3. The number of halogens is 1. The molecule has 0 heterocycles. The first-order valence-corrected chi connectivity index (χ1v) is 8.66. The average molecular weight is 388 g/mol. The second kappa shape index (κ2) is 10.1. The van der Waals surface area contributed by atoms with Gasteiger partial charge in [0.2, 0.25) is 5.91 Å². The molecule has 0 saturated carbocycles. The summed E-state index contributed by atoms with van der Waals surface area (Å²) in [6.45, 7) is 1.88. The van der Waals surface area contributed by atoms with Gasteiger partial charge in [0.1, 0.15) is 11.6 Å². The van der Waals surface area contributed by atoms with Crippen LogP contribution in [0.1, 0.15) is 28.8 Å². The van der Waals surface area contributed by atoms with Crippen molar-refractivity contribution in [2.75, 3.05) is 19.7 Å². The number of hydrogen-bond acceptors (Lipinski definition) is 4. The monoisotopic (exact) mass is 388 g/mol. The van der Waals surface area contributed by atoms with Crippen LogP contribution in [0, 0.1) is 5.82 Å². The zero-order valence-corrected chi connectivity index (χ0v) is 15.3. The Hall–Kier alpha value is -3.42. The SMILES string of the molecule is CCOc1ccc(C(=O)NCC(=O)NCC(C(=O)O)c2ccc(F)cc2)cc1. The van der Waals surface area contributed by atoms with Gasteiger partial charge >= 0.3 is 5.97 Å². The van der Waals surface area contributed by atoms with Crippen LogP contribution in [0.2, 0.25) is 0 Å². The van der Waals surface area contributed by atoms with Crippen molar-refractivity contribution < 1.29 is 28.6 Å². The van der Waals surface area contributed by atoms with Crippen LogP contribution in [0.4, 0.5) is 4.39 Å². The van der Waals surface area contributed by atoms with Crippen LogP contribution < -0.4 is 15.4 Å². The number of carboxylic acid groups (broad SMARTS) is 1. The molecule has 0 aliphatic carbocycles. The molecule has 0 spiro atoms. The first-order chi connectivity index (χ1) is 13.4. The minimum Gasteiger partial charge on any atom is -0.494 e. The van der Waals surface area contributed by atoms with E-state index in [0.717, 1.165) is 12.1 Å². The van der Waals surface area contributed by atoms with Crippen LogP contribution in [0.5, 0.6) is 5.75 Å². The van der Waals surface area contributed by atoms with Crippen LogP contribution in [-0.4, -0.2) is 42.6 Å². The van der Waals surface area contributed by atoms with Gasteiger partial charge in [-0.05, 0) is 48.9 Å². The molecule has 0 aliphatic rings. The lowest BCUT2D eigenvalue weighted by Crippen LogP contribution is -2.39. The van der Waals surface area contributed by atoms with Crippen LogP contribution in [0.15, 0.2) is 48.5 Å². The minimum atomic E-state index is -1.15. The number of hydrogen-bond donors (Lipinski definition) is 3. The summed E-state index contributed by atoms with van der Waals surface area (Å²) >= 11 is 0. The van der Waals surface area contributed by atoms with Crippen molar-refractivity contribution in [3.63, 3.8) is 0 Å². The highest BCUT2D eigenvalue weighted by Crippen LogP contribution is 2.16. The van der Waals surface area contributed by atoms with Gasteiger partial charge < -0.3 is 20.5 Å². The summed E-state index contributed by atoms with van der Waals surface area (Å²) in [5.41, 5.74) is 0.735. The normalized spacial score (nSPS) is 11.4. The van der Waals surface area contributed by atoms with Gasteiger partial charge in [-0.25, -0.2) is 4.39 Å². The van der Waals surface area contributed by atoms with Crippen molar-refractivity contribution >= 4 is 17.8 Å². The molecule has 2 amide bonds. The molecule has 3 N–H and O–H groups in total.